The molecule has 1 N–H and O–H groups in total. The van der Waals surface area contributed by atoms with Crippen molar-refractivity contribution in [2.75, 3.05) is 16.8 Å². The Morgan fingerprint density at radius 2 is 1.77 bits per heavy atom. The summed E-state index contributed by atoms with van der Waals surface area (Å²) < 4.78 is 5.90. The van der Waals surface area contributed by atoms with E-state index in [0.717, 1.165) is 33.2 Å². The number of rotatable bonds is 3. The highest BCUT2D eigenvalue weighted by molar-refractivity contribution is 6.07. The lowest BCUT2D eigenvalue weighted by Crippen LogP contribution is -2.28. The fourth-order valence-electron chi connectivity index (χ4n) is 4.07. The molecule has 5 heteroatoms. The molecule has 1 atom stereocenters. The number of nitrogens with zero attached hydrogens (tertiary/aromatic N) is 1. The Labute approximate surface area is 174 Å². The van der Waals surface area contributed by atoms with E-state index in [1.54, 1.807) is 4.90 Å². The van der Waals surface area contributed by atoms with Gasteiger partial charge in [0.1, 0.15) is 11.2 Å². The Morgan fingerprint density at radius 1 is 0.967 bits per heavy atom. The molecular formula is C25H22N2O3. The third kappa shape index (κ3) is 3.12. The number of anilines is 2. The first-order valence-electron chi connectivity index (χ1n) is 10.1. The van der Waals surface area contributed by atoms with Gasteiger partial charge in [0.05, 0.1) is 5.92 Å². The summed E-state index contributed by atoms with van der Waals surface area (Å²) in [5, 5.41) is 5.02. The van der Waals surface area contributed by atoms with E-state index in [9.17, 15) is 9.59 Å². The molecule has 0 bridgehead atoms. The summed E-state index contributed by atoms with van der Waals surface area (Å²) in [5.74, 6) is -0.554. The van der Waals surface area contributed by atoms with Crippen LogP contribution in [-0.2, 0) is 9.59 Å². The number of carbonyl (C=O) groups is 2. The van der Waals surface area contributed by atoms with E-state index < -0.39 is 0 Å². The van der Waals surface area contributed by atoms with Crippen molar-refractivity contribution in [2.24, 2.45) is 5.92 Å². The lowest BCUT2D eigenvalue weighted by atomic mass is 10.1. The number of nitrogens with one attached hydrogen (secondary N) is 1. The molecule has 0 saturated carbocycles. The summed E-state index contributed by atoms with van der Waals surface area (Å²) in [6, 6.07) is 19.5. The van der Waals surface area contributed by atoms with Crippen LogP contribution in [0.5, 0.6) is 0 Å². The molecular weight excluding hydrogens is 376 g/mol. The zero-order chi connectivity index (χ0) is 20.8. The van der Waals surface area contributed by atoms with Gasteiger partial charge in [0, 0.05) is 41.2 Å². The third-order valence-corrected chi connectivity index (χ3v) is 5.94. The van der Waals surface area contributed by atoms with Gasteiger partial charge in [0.25, 0.3) is 0 Å². The molecule has 1 aliphatic heterocycles. The van der Waals surface area contributed by atoms with Crippen LogP contribution in [0.4, 0.5) is 11.4 Å². The van der Waals surface area contributed by atoms with Crippen LogP contribution in [0.2, 0.25) is 0 Å². The van der Waals surface area contributed by atoms with Crippen LogP contribution in [0.1, 0.15) is 17.5 Å². The van der Waals surface area contributed by atoms with Gasteiger partial charge in [-0.05, 0) is 55.3 Å². The van der Waals surface area contributed by atoms with Crippen LogP contribution in [0.25, 0.3) is 21.9 Å². The maximum atomic E-state index is 12.8. The van der Waals surface area contributed by atoms with Crippen molar-refractivity contribution in [1.29, 1.82) is 0 Å². The first kappa shape index (κ1) is 18.4. The van der Waals surface area contributed by atoms with Gasteiger partial charge in [-0.1, -0.05) is 24.3 Å². The lowest BCUT2D eigenvalue weighted by Gasteiger charge is -2.18. The van der Waals surface area contributed by atoms with E-state index in [4.69, 9.17) is 4.42 Å². The average Bonchev–Trinajstić information content (AvgIpc) is 3.30. The highest BCUT2D eigenvalue weighted by Crippen LogP contribution is 2.31. The Hall–Kier alpha value is -3.60. The second kappa shape index (κ2) is 7.02. The summed E-state index contributed by atoms with van der Waals surface area (Å²) in [5.41, 5.74) is 5.38. The minimum atomic E-state index is -0.384. The van der Waals surface area contributed by atoms with Crippen molar-refractivity contribution in [3.05, 3.63) is 71.8 Å². The number of benzene rings is 3. The van der Waals surface area contributed by atoms with Gasteiger partial charge >= 0.3 is 0 Å². The van der Waals surface area contributed by atoms with Crippen molar-refractivity contribution in [3.63, 3.8) is 0 Å². The van der Waals surface area contributed by atoms with E-state index >= 15 is 0 Å². The highest BCUT2D eigenvalue weighted by atomic mass is 16.3. The second-order valence-electron chi connectivity index (χ2n) is 7.97. The average molecular weight is 398 g/mol. The largest absolute Gasteiger partial charge is 0.456 e. The first-order valence-corrected chi connectivity index (χ1v) is 10.1. The van der Waals surface area contributed by atoms with Crippen LogP contribution in [0.3, 0.4) is 0 Å². The van der Waals surface area contributed by atoms with E-state index in [2.05, 4.69) is 5.32 Å². The smallest absolute Gasteiger partial charge is 0.229 e. The molecule has 0 radical (unpaired) electrons. The van der Waals surface area contributed by atoms with Crippen LogP contribution in [-0.4, -0.2) is 18.4 Å². The molecule has 5 rings (SSSR count). The zero-order valence-corrected chi connectivity index (χ0v) is 16.9. The third-order valence-electron chi connectivity index (χ3n) is 5.94. The van der Waals surface area contributed by atoms with Gasteiger partial charge in [0.15, 0.2) is 0 Å². The van der Waals surface area contributed by atoms with Gasteiger partial charge in [-0.25, -0.2) is 0 Å². The monoisotopic (exact) mass is 398 g/mol. The van der Waals surface area contributed by atoms with E-state index in [0.29, 0.717) is 12.2 Å². The standard InChI is InChI=1S/C25H22N2O3/c1-15-7-9-19(11-16(15)2)27-14-17(12-24(27)28)25(29)26-18-8-10-21-20-5-3-4-6-22(20)30-23(21)13-18/h3-11,13,17H,12,14H2,1-2H3,(H,26,29). The summed E-state index contributed by atoms with van der Waals surface area (Å²) in [7, 11) is 0. The summed E-state index contributed by atoms with van der Waals surface area (Å²) in [6.45, 7) is 4.46. The number of para-hydroxylation sites is 1. The lowest BCUT2D eigenvalue weighted by molar-refractivity contribution is -0.122. The van der Waals surface area contributed by atoms with Crippen molar-refractivity contribution < 1.29 is 14.0 Å². The topological polar surface area (TPSA) is 62.6 Å². The highest BCUT2D eigenvalue weighted by Gasteiger charge is 2.35. The van der Waals surface area contributed by atoms with Crippen LogP contribution in [0.15, 0.2) is 65.1 Å². The Balaban J connectivity index is 1.34. The molecule has 4 aromatic rings. The summed E-state index contributed by atoms with van der Waals surface area (Å²) >= 11 is 0. The van der Waals surface area contributed by atoms with Gasteiger partial charge in [0.2, 0.25) is 11.8 Å². The molecule has 5 nitrogen and oxygen atoms in total. The molecule has 3 aromatic carbocycles. The fraction of sp³-hybridized carbons (Fsp3) is 0.200. The van der Waals surface area contributed by atoms with Crippen molar-refractivity contribution >= 4 is 45.1 Å². The molecule has 150 valence electrons. The van der Waals surface area contributed by atoms with E-state index in [1.807, 2.05) is 74.5 Å². The van der Waals surface area contributed by atoms with Crippen molar-refractivity contribution in [2.45, 2.75) is 20.3 Å². The summed E-state index contributed by atoms with van der Waals surface area (Å²) in [4.78, 5) is 27.1. The molecule has 30 heavy (non-hydrogen) atoms. The van der Waals surface area contributed by atoms with Crippen LogP contribution >= 0.6 is 0 Å². The molecule has 1 saturated heterocycles. The summed E-state index contributed by atoms with van der Waals surface area (Å²) in [6.07, 6.45) is 0.214. The van der Waals surface area contributed by atoms with Gasteiger partial charge in [-0.2, -0.15) is 0 Å². The van der Waals surface area contributed by atoms with Crippen LogP contribution < -0.4 is 10.2 Å². The van der Waals surface area contributed by atoms with E-state index in [-0.39, 0.29) is 24.2 Å². The van der Waals surface area contributed by atoms with Gasteiger partial charge < -0.3 is 14.6 Å². The normalized spacial score (nSPS) is 16.5. The molecule has 0 spiro atoms. The van der Waals surface area contributed by atoms with Gasteiger partial charge in [-0.3, -0.25) is 9.59 Å². The fourth-order valence-corrected chi connectivity index (χ4v) is 4.07. The number of carbonyl (C=O) groups excluding carboxylic acids is 2. The van der Waals surface area contributed by atoms with Gasteiger partial charge in [-0.15, -0.1) is 0 Å². The quantitative estimate of drug-likeness (QED) is 0.516. The Bertz CT molecular complexity index is 1300. The number of hydrogen-bond acceptors (Lipinski definition) is 3. The number of furan rings is 1. The molecule has 1 unspecified atom stereocenters. The molecule has 1 aliphatic rings. The predicted octanol–water partition coefficient (Wildman–Crippen LogP) is 5.19. The molecule has 0 aliphatic carbocycles. The second-order valence-corrected chi connectivity index (χ2v) is 7.97. The number of hydrogen-bond donors (Lipinski definition) is 1. The van der Waals surface area contributed by atoms with Crippen molar-refractivity contribution in [3.8, 4) is 0 Å². The van der Waals surface area contributed by atoms with E-state index in [1.165, 1.54) is 5.56 Å². The maximum Gasteiger partial charge on any atom is 0.229 e. The first-order chi connectivity index (χ1) is 14.5. The molecule has 1 fully saturated rings. The Morgan fingerprint density at radius 3 is 2.60 bits per heavy atom. The minimum absolute atomic E-state index is 0.0221. The molecule has 2 heterocycles. The Kier molecular flexibility index (Phi) is 4.31. The number of aryl methyl sites for hydroxylation is 2. The number of amides is 2. The SMILES string of the molecule is Cc1ccc(N2CC(C(=O)Nc3ccc4c(c3)oc3ccccc34)CC2=O)cc1C. The number of fused-ring (bicyclic) bond motifs is 3. The van der Waals surface area contributed by atoms with Crippen molar-refractivity contribution in [1.82, 2.24) is 0 Å². The molecule has 1 aromatic heterocycles. The molecule has 2 amide bonds. The van der Waals surface area contributed by atoms with Crippen LogP contribution in [0, 0.1) is 19.8 Å². The zero-order valence-electron chi connectivity index (χ0n) is 16.9. The maximum absolute atomic E-state index is 12.8. The minimum Gasteiger partial charge on any atom is -0.456 e. The predicted molar refractivity (Wildman–Crippen MR) is 119 cm³/mol.